The number of furan rings is 1. The van der Waals surface area contributed by atoms with Gasteiger partial charge < -0.3 is 9.32 Å². The number of rotatable bonds is 6. The highest BCUT2D eigenvalue weighted by Crippen LogP contribution is 2.47. The Kier molecular flexibility index (Phi) is 7.18. The van der Waals surface area contributed by atoms with Crippen LogP contribution in [0.1, 0.15) is 0 Å². The molecule has 0 unspecified atom stereocenters. The van der Waals surface area contributed by atoms with Crippen molar-refractivity contribution in [1.82, 2.24) is 0 Å². The monoisotopic (exact) mass is 663 g/mol. The lowest BCUT2D eigenvalue weighted by Crippen LogP contribution is -2.10. The predicted molar refractivity (Wildman–Crippen MR) is 220 cm³/mol. The standard InChI is InChI=1S/C50H33NO/c1-3-12-34(13-4-1)36-22-24-38(25-23-36)45-30-31-47(49-46-20-9-10-21-48(46)52-50(45)49)51(41-18-11-17-39(32-41)35-14-5-2-6-15-35)42-28-29-44-40(33-42)27-26-37-16-7-8-19-43(37)44/h1-33H. The topological polar surface area (TPSA) is 16.4 Å². The third-order valence-corrected chi connectivity index (χ3v) is 10.2. The van der Waals surface area contributed by atoms with Crippen molar-refractivity contribution in [1.29, 1.82) is 0 Å². The molecular weight excluding hydrogens is 631 g/mol. The summed E-state index contributed by atoms with van der Waals surface area (Å²) >= 11 is 0. The molecule has 0 bridgehead atoms. The summed E-state index contributed by atoms with van der Waals surface area (Å²) < 4.78 is 6.80. The molecule has 10 rings (SSSR count). The number of fused-ring (bicyclic) bond motifs is 6. The van der Waals surface area contributed by atoms with Gasteiger partial charge in [-0.25, -0.2) is 0 Å². The largest absolute Gasteiger partial charge is 0.455 e. The molecule has 52 heavy (non-hydrogen) atoms. The first kappa shape index (κ1) is 30.0. The molecule has 0 fully saturated rings. The zero-order valence-electron chi connectivity index (χ0n) is 28.4. The number of nitrogens with zero attached hydrogens (tertiary/aromatic N) is 1. The maximum atomic E-state index is 6.80. The van der Waals surface area contributed by atoms with E-state index in [9.17, 15) is 0 Å². The second kappa shape index (κ2) is 12.5. The van der Waals surface area contributed by atoms with E-state index in [1.807, 2.05) is 6.07 Å². The molecule has 0 atom stereocenters. The molecule has 2 heteroatoms. The molecule has 0 N–H and O–H groups in total. The van der Waals surface area contributed by atoms with Crippen LogP contribution >= 0.6 is 0 Å². The van der Waals surface area contributed by atoms with Gasteiger partial charge in [0.2, 0.25) is 0 Å². The number of para-hydroxylation sites is 1. The molecule has 2 nitrogen and oxygen atoms in total. The minimum atomic E-state index is 0.870. The molecule has 244 valence electrons. The van der Waals surface area contributed by atoms with Gasteiger partial charge in [-0.1, -0.05) is 158 Å². The van der Waals surface area contributed by atoms with Crippen molar-refractivity contribution in [2.24, 2.45) is 0 Å². The van der Waals surface area contributed by atoms with Crippen molar-refractivity contribution in [3.05, 3.63) is 200 Å². The summed E-state index contributed by atoms with van der Waals surface area (Å²) in [5.41, 5.74) is 11.9. The maximum absolute atomic E-state index is 6.80. The summed E-state index contributed by atoms with van der Waals surface area (Å²) in [5, 5.41) is 7.12. The molecule has 0 aliphatic rings. The highest BCUT2D eigenvalue weighted by molar-refractivity contribution is 6.17. The van der Waals surface area contributed by atoms with Gasteiger partial charge in [0, 0.05) is 22.3 Å². The first-order valence-electron chi connectivity index (χ1n) is 17.8. The summed E-state index contributed by atoms with van der Waals surface area (Å²) in [4.78, 5) is 2.40. The molecule has 0 aliphatic heterocycles. The predicted octanol–water partition coefficient (Wildman–Crippen LogP) is 14.4. The average Bonchev–Trinajstić information content (AvgIpc) is 3.62. The van der Waals surface area contributed by atoms with Gasteiger partial charge >= 0.3 is 0 Å². The number of hydrogen-bond acceptors (Lipinski definition) is 2. The van der Waals surface area contributed by atoms with Crippen LogP contribution in [0.3, 0.4) is 0 Å². The molecule has 0 spiro atoms. The smallest absolute Gasteiger partial charge is 0.145 e. The van der Waals surface area contributed by atoms with Crippen LogP contribution in [0.25, 0.3) is 76.9 Å². The van der Waals surface area contributed by atoms with Crippen LogP contribution in [0.15, 0.2) is 205 Å². The van der Waals surface area contributed by atoms with Crippen molar-refractivity contribution >= 4 is 60.5 Å². The Hall–Kier alpha value is -6.90. The quantitative estimate of drug-likeness (QED) is 0.165. The fourth-order valence-electron chi connectivity index (χ4n) is 7.72. The number of benzene rings is 9. The summed E-state index contributed by atoms with van der Waals surface area (Å²) in [6.45, 7) is 0. The van der Waals surface area contributed by atoms with Crippen molar-refractivity contribution in [2.75, 3.05) is 4.90 Å². The van der Waals surface area contributed by atoms with E-state index in [-0.39, 0.29) is 0 Å². The van der Waals surface area contributed by atoms with Crippen LogP contribution in [-0.4, -0.2) is 0 Å². The SMILES string of the molecule is c1ccc(-c2ccc(-c3ccc(N(c4cccc(-c5ccccc5)c4)c4ccc5c(ccc6ccccc65)c4)c4c3oc3ccccc34)cc2)cc1. The van der Waals surface area contributed by atoms with Crippen LogP contribution in [0.2, 0.25) is 0 Å². The van der Waals surface area contributed by atoms with Crippen molar-refractivity contribution in [2.45, 2.75) is 0 Å². The van der Waals surface area contributed by atoms with Gasteiger partial charge in [-0.15, -0.1) is 0 Å². The molecule has 0 saturated carbocycles. The fraction of sp³-hybridized carbons (Fsp3) is 0. The minimum Gasteiger partial charge on any atom is -0.455 e. The first-order chi connectivity index (χ1) is 25.8. The summed E-state index contributed by atoms with van der Waals surface area (Å²) in [6, 6.07) is 71.6. The lowest BCUT2D eigenvalue weighted by Gasteiger charge is -2.27. The summed E-state index contributed by atoms with van der Waals surface area (Å²) in [7, 11) is 0. The van der Waals surface area contributed by atoms with Crippen LogP contribution in [0.5, 0.6) is 0 Å². The van der Waals surface area contributed by atoms with E-state index in [1.165, 1.54) is 43.8 Å². The number of hydrogen-bond donors (Lipinski definition) is 0. The van der Waals surface area contributed by atoms with Gasteiger partial charge in [0.1, 0.15) is 11.2 Å². The van der Waals surface area contributed by atoms with Crippen molar-refractivity contribution < 1.29 is 4.42 Å². The second-order valence-electron chi connectivity index (χ2n) is 13.3. The summed E-state index contributed by atoms with van der Waals surface area (Å²) in [5.74, 6) is 0. The Labute approximate surface area is 302 Å². The van der Waals surface area contributed by atoms with Crippen LogP contribution in [0, 0.1) is 0 Å². The highest BCUT2D eigenvalue weighted by Gasteiger charge is 2.23. The van der Waals surface area contributed by atoms with E-state index in [1.54, 1.807) is 0 Å². The molecule has 0 aliphatic carbocycles. The minimum absolute atomic E-state index is 0.870. The van der Waals surface area contributed by atoms with Gasteiger partial charge in [0.15, 0.2) is 0 Å². The van der Waals surface area contributed by atoms with Crippen LogP contribution in [-0.2, 0) is 0 Å². The van der Waals surface area contributed by atoms with Gasteiger partial charge in [-0.2, -0.15) is 0 Å². The van der Waals surface area contributed by atoms with Gasteiger partial charge in [0.05, 0.1) is 11.1 Å². The van der Waals surface area contributed by atoms with E-state index in [4.69, 9.17) is 4.42 Å². The maximum Gasteiger partial charge on any atom is 0.145 e. The zero-order chi connectivity index (χ0) is 34.4. The van der Waals surface area contributed by atoms with E-state index in [2.05, 4.69) is 199 Å². The van der Waals surface area contributed by atoms with E-state index < -0.39 is 0 Å². The Balaban J connectivity index is 1.21. The second-order valence-corrected chi connectivity index (χ2v) is 13.3. The lowest BCUT2D eigenvalue weighted by molar-refractivity contribution is 0.670. The number of anilines is 3. The Morgan fingerprint density at radius 2 is 0.942 bits per heavy atom. The lowest BCUT2D eigenvalue weighted by atomic mass is 9.97. The summed E-state index contributed by atoms with van der Waals surface area (Å²) in [6.07, 6.45) is 0. The molecular formula is C50H33NO. The molecule has 0 saturated heterocycles. The molecule has 9 aromatic carbocycles. The molecule has 0 radical (unpaired) electrons. The first-order valence-corrected chi connectivity index (χ1v) is 17.8. The fourth-order valence-corrected chi connectivity index (χ4v) is 7.72. The average molecular weight is 664 g/mol. The van der Waals surface area contributed by atoms with Gasteiger partial charge in [0.25, 0.3) is 0 Å². The molecule has 1 heterocycles. The molecule has 1 aromatic heterocycles. The van der Waals surface area contributed by atoms with Gasteiger partial charge in [-0.3, -0.25) is 0 Å². The molecule has 10 aromatic rings. The van der Waals surface area contributed by atoms with E-state index in [0.29, 0.717) is 0 Å². The third-order valence-electron chi connectivity index (χ3n) is 10.2. The van der Waals surface area contributed by atoms with Crippen molar-refractivity contribution in [3.8, 4) is 33.4 Å². The Morgan fingerprint density at radius 3 is 1.75 bits per heavy atom. The normalized spacial score (nSPS) is 11.5. The van der Waals surface area contributed by atoms with E-state index in [0.717, 1.165) is 50.1 Å². The van der Waals surface area contributed by atoms with Crippen LogP contribution < -0.4 is 4.90 Å². The van der Waals surface area contributed by atoms with Crippen LogP contribution in [0.4, 0.5) is 17.1 Å². The molecule has 0 amide bonds. The Morgan fingerprint density at radius 1 is 0.346 bits per heavy atom. The Bertz CT molecular complexity index is 2890. The van der Waals surface area contributed by atoms with Crippen molar-refractivity contribution in [3.63, 3.8) is 0 Å². The highest BCUT2D eigenvalue weighted by atomic mass is 16.3. The third kappa shape index (κ3) is 5.12. The van der Waals surface area contributed by atoms with Gasteiger partial charge in [-0.05, 0) is 91.8 Å². The zero-order valence-corrected chi connectivity index (χ0v) is 28.4. The van der Waals surface area contributed by atoms with E-state index >= 15 is 0 Å².